The van der Waals surface area contributed by atoms with Crippen LogP contribution in [0.1, 0.15) is 69.9 Å². The molecule has 0 bridgehead atoms. The smallest absolute Gasteiger partial charge is 0.249 e. The fourth-order valence-corrected chi connectivity index (χ4v) is 8.17. The van der Waals surface area contributed by atoms with E-state index in [1.54, 1.807) is 49.5 Å². The molecule has 0 aliphatic rings. The summed E-state index contributed by atoms with van der Waals surface area (Å²) in [5.41, 5.74) is 40.1. The summed E-state index contributed by atoms with van der Waals surface area (Å²) in [6, 6.07) is 4.46. The van der Waals surface area contributed by atoms with Gasteiger partial charge in [0.15, 0.2) is 17.9 Å². The second-order valence-electron chi connectivity index (χ2n) is 19.2. The first-order valence-corrected chi connectivity index (χ1v) is 27.4. The topological polar surface area (TPSA) is 501 Å². The molecule has 0 heterocycles. The number of imide groups is 1. The van der Waals surface area contributed by atoms with Gasteiger partial charge in [-0.2, -0.15) is 12.6 Å². The van der Waals surface area contributed by atoms with Crippen molar-refractivity contribution in [2.45, 2.75) is 120 Å². The van der Waals surface area contributed by atoms with E-state index in [9.17, 15) is 48.3 Å². The number of nitrogens with two attached hydrogens (primary N) is 7. The molecule has 2 aromatic rings. The number of aromatic hydroxyl groups is 1. The maximum Gasteiger partial charge on any atom is 0.249 e. The van der Waals surface area contributed by atoms with Crippen LogP contribution in [0, 0.1) is 5.92 Å². The highest BCUT2D eigenvalue weighted by Gasteiger charge is 2.34. The molecule has 24 N–H and O–H groups in total. The van der Waals surface area contributed by atoms with Crippen LogP contribution in [0.15, 0.2) is 69.6 Å². The van der Waals surface area contributed by atoms with Gasteiger partial charge in [0.05, 0.1) is 18.6 Å². The number of rotatable bonds is 37. The molecule has 0 aromatic heterocycles. The minimum atomic E-state index is -1.49. The van der Waals surface area contributed by atoms with Crippen molar-refractivity contribution in [2.75, 3.05) is 39.0 Å². The maximum atomic E-state index is 14.1. The monoisotopic (exact) mass is 1180 g/mol. The summed E-state index contributed by atoms with van der Waals surface area (Å²) in [5, 5.41) is 33.5. The van der Waals surface area contributed by atoms with Crippen LogP contribution in [-0.4, -0.2) is 169 Å². The van der Waals surface area contributed by atoms with Crippen LogP contribution in [0.5, 0.6) is 5.75 Å². The van der Waals surface area contributed by atoms with Crippen LogP contribution in [0.25, 0.3) is 0 Å². The van der Waals surface area contributed by atoms with E-state index in [1.165, 1.54) is 12.1 Å². The Balaban J connectivity index is 2.32. The molecule has 0 saturated carbocycles. The number of hydrogen-bond acceptors (Lipinski definition) is 17. The number of hydrogen-bond donors (Lipinski definition) is 18. The van der Waals surface area contributed by atoms with Crippen molar-refractivity contribution in [1.29, 1.82) is 0 Å². The molecular weight excluding hydrogens is 1100 g/mol. The molecule has 9 amide bonds. The molecule has 0 unspecified atom stereocenters. The lowest BCUT2D eigenvalue weighted by Crippen LogP contribution is -2.60. The molecule has 0 fully saturated rings. The van der Waals surface area contributed by atoms with Gasteiger partial charge < -0.3 is 87.8 Å². The molecule has 82 heavy (non-hydrogen) atoms. The minimum absolute atomic E-state index is 0.00184. The van der Waals surface area contributed by atoms with Gasteiger partial charge in [0, 0.05) is 37.2 Å². The predicted octanol–water partition coefficient (Wildman–Crippen LogP) is -5.10. The second-order valence-corrected chi connectivity index (χ2v) is 19.9. The largest absolute Gasteiger partial charge is 0.508 e. The van der Waals surface area contributed by atoms with Crippen molar-refractivity contribution >= 4 is 101 Å². The van der Waals surface area contributed by atoms with Crippen LogP contribution in [-0.2, 0) is 56.0 Å². The number of carbonyl (C=O) groups is 9. The Labute approximate surface area is 486 Å². The zero-order chi connectivity index (χ0) is 61.3. The third-order valence-corrected chi connectivity index (χ3v) is 12.6. The number of nitrogens with zero attached hydrogens (tertiary/aromatic N) is 3. The molecule has 2 rings (SSSR count). The van der Waals surface area contributed by atoms with Gasteiger partial charge in [0.2, 0.25) is 53.2 Å². The fourth-order valence-electron chi connectivity index (χ4n) is 7.72. The Bertz CT molecular complexity index is 2530. The highest BCUT2D eigenvalue weighted by molar-refractivity contribution is 7.80. The molecule has 0 saturated heterocycles. The van der Waals surface area contributed by atoms with Gasteiger partial charge in [-0.25, -0.2) is 0 Å². The van der Waals surface area contributed by atoms with Crippen molar-refractivity contribution in [3.8, 4) is 5.75 Å². The molecule has 31 heteroatoms. The average molecular weight is 1180 g/mol. The SMILES string of the molecule is CN[C@@H](CCCN=C(N)N)C(=O)N[C@H](CC(C)C)C(=O)N[C@@H](CCCN=C(N)N)C(=O)NC(=O)[C@H](CCCN=C(N)N)NC(=O)[C@H](CS)NC(=O)[C@H](Cc1ccccc1)NC(=O)CNC(=O)[C@@H](C=S)NC(=O)[C@@H](N)Cc1ccc(O)cc1. The average Bonchev–Trinajstić information content (AvgIpc) is 3.42. The molecule has 0 radical (unpaired) electrons. The van der Waals surface area contributed by atoms with E-state index >= 15 is 0 Å². The number of benzene rings is 2. The number of likely N-dealkylation sites (N-methyl/N-ethyl adjacent to an activating group) is 1. The van der Waals surface area contributed by atoms with Crippen LogP contribution < -0.4 is 88.0 Å². The van der Waals surface area contributed by atoms with E-state index in [-0.39, 0.29) is 99.9 Å². The molecule has 8 atom stereocenters. The van der Waals surface area contributed by atoms with Crippen molar-refractivity contribution in [1.82, 2.24) is 47.9 Å². The summed E-state index contributed by atoms with van der Waals surface area (Å²) >= 11 is 9.26. The Morgan fingerprint density at radius 3 is 1.49 bits per heavy atom. The first-order chi connectivity index (χ1) is 38.9. The maximum absolute atomic E-state index is 14.1. The summed E-state index contributed by atoms with van der Waals surface area (Å²) in [6.07, 6.45) is 0.861. The summed E-state index contributed by atoms with van der Waals surface area (Å²) in [4.78, 5) is 135. The number of thiol groups is 1. The van der Waals surface area contributed by atoms with E-state index in [0.717, 1.165) is 5.37 Å². The van der Waals surface area contributed by atoms with Gasteiger partial charge in [-0.05, 0) is 87.6 Å². The summed E-state index contributed by atoms with van der Waals surface area (Å²) < 4.78 is 0. The lowest BCUT2D eigenvalue weighted by molar-refractivity contribution is -0.137. The van der Waals surface area contributed by atoms with Crippen LogP contribution in [0.3, 0.4) is 0 Å². The quantitative estimate of drug-likeness (QED) is 0.00989. The molecule has 0 aliphatic carbocycles. The minimum Gasteiger partial charge on any atom is -0.508 e. The van der Waals surface area contributed by atoms with Crippen molar-refractivity contribution < 1.29 is 48.3 Å². The van der Waals surface area contributed by atoms with Crippen molar-refractivity contribution in [2.24, 2.45) is 61.0 Å². The number of phenols is 1. The van der Waals surface area contributed by atoms with Crippen molar-refractivity contribution in [3.63, 3.8) is 0 Å². The summed E-state index contributed by atoms with van der Waals surface area (Å²) in [6.45, 7) is 3.28. The van der Waals surface area contributed by atoms with E-state index in [4.69, 9.17) is 52.4 Å². The van der Waals surface area contributed by atoms with Gasteiger partial charge in [-0.15, -0.1) is 0 Å². The molecule has 452 valence electrons. The summed E-state index contributed by atoms with van der Waals surface area (Å²) in [7, 11) is 1.58. The Morgan fingerprint density at radius 2 is 1.01 bits per heavy atom. The number of guanidine groups is 3. The second kappa shape index (κ2) is 37.7. The van der Waals surface area contributed by atoms with Crippen molar-refractivity contribution in [3.05, 3.63) is 65.7 Å². The number of aliphatic imine (C=N–C) groups is 3. The lowest BCUT2D eigenvalue weighted by Gasteiger charge is -2.27. The third-order valence-electron chi connectivity index (χ3n) is 12.0. The first-order valence-electron chi connectivity index (χ1n) is 26.3. The zero-order valence-electron chi connectivity index (χ0n) is 46.2. The zero-order valence-corrected chi connectivity index (χ0v) is 47.9. The van der Waals surface area contributed by atoms with Gasteiger partial charge in [0.1, 0.15) is 42.0 Å². The third kappa shape index (κ3) is 27.8. The number of nitrogens with one attached hydrogen (secondary N) is 9. The van der Waals surface area contributed by atoms with Gasteiger partial charge >= 0.3 is 0 Å². The van der Waals surface area contributed by atoms with Crippen LogP contribution in [0.4, 0.5) is 0 Å². The van der Waals surface area contributed by atoms with Gasteiger partial charge in [-0.1, -0.05) is 68.5 Å². The van der Waals surface area contributed by atoms with Gasteiger partial charge in [-0.3, -0.25) is 63.4 Å². The number of amides is 9. The molecule has 0 spiro atoms. The molecule has 29 nitrogen and oxygen atoms in total. The highest BCUT2D eigenvalue weighted by Crippen LogP contribution is 2.13. The van der Waals surface area contributed by atoms with E-state index < -0.39 is 108 Å². The Morgan fingerprint density at radius 1 is 0.561 bits per heavy atom. The first kappa shape index (κ1) is 69.9. The summed E-state index contributed by atoms with van der Waals surface area (Å²) in [5.74, 6) is -8.49. The normalized spacial score (nSPS) is 13.7. The van der Waals surface area contributed by atoms with E-state index in [1.807, 2.05) is 13.8 Å². The number of phenolic OH excluding ortho intramolecular Hbond substituents is 1. The number of carbonyl (C=O) groups excluding carboxylic acids is 9. The van der Waals surface area contributed by atoms with Gasteiger partial charge in [0.25, 0.3) is 0 Å². The Hall–Kier alpha value is -8.16. The lowest BCUT2D eigenvalue weighted by atomic mass is 10.0. The number of thiocarbonyl (C=S) groups is 1. The fraction of sp³-hybridized carbons (Fsp3) is 0.510. The predicted molar refractivity (Wildman–Crippen MR) is 317 cm³/mol. The van der Waals surface area contributed by atoms with E-state index in [2.05, 4.69) is 75.5 Å². The molecular formula is C51H81N19O10S2. The molecule has 0 aliphatic heterocycles. The van der Waals surface area contributed by atoms with E-state index in [0.29, 0.717) is 24.0 Å². The highest BCUT2D eigenvalue weighted by atomic mass is 32.1. The van der Waals surface area contributed by atoms with Crippen LogP contribution >= 0.6 is 24.8 Å². The van der Waals surface area contributed by atoms with Crippen LogP contribution in [0.2, 0.25) is 0 Å². The Kier molecular flexibility index (Phi) is 32.2. The molecule has 2 aromatic carbocycles. The standard InChI is InChI=1S/C51H81N19O10S2/c1-28(2)22-36(67-43(75)33(59-3)12-7-19-60-49(53)54)46(78)65-34(13-8-20-61-50(55)56)44(76)70-45(77)35(14-9-21-62-51(57)58)66-48(80)39(27-82)69-47(79)37(24-29-10-5-4-6-11-29)64-40(72)25-63-42(74)38(26-81)68-41(73)32(52)23-30-15-17-31(71)18-16-30/h4-6,10-11,15-18,26,28,32-39,59,71,82H,7-9,12-14,19-25,27,52H2,1-3H3,(H,63,74)(H,64,72)(H,65,78)(H,66,80)(H,67,75)(H,68,73)(H,69,79)(H4,53,54,60)(H4,55,56,61)(H4,57,58,62)(H,70,76,77)/t32-,33-,34-,35-,36+,37-,38+,39-/m0/s1.